The molecule has 1 unspecified atom stereocenters. The Hall–Kier alpha value is -0.210. The van der Waals surface area contributed by atoms with Gasteiger partial charge >= 0.3 is 0 Å². The van der Waals surface area contributed by atoms with Gasteiger partial charge in [0.2, 0.25) is 0 Å². The predicted molar refractivity (Wildman–Crippen MR) is 66.8 cm³/mol. The molecule has 102 valence electrons. The molecule has 3 N–H and O–H groups in total. The minimum atomic E-state index is -3.88. The second kappa shape index (κ2) is 7.27. The Morgan fingerprint density at radius 1 is 1.18 bits per heavy atom. The van der Waals surface area contributed by atoms with E-state index in [0.717, 1.165) is 32.2 Å². The van der Waals surface area contributed by atoms with Gasteiger partial charge in [0.1, 0.15) is 0 Å². The van der Waals surface area contributed by atoms with E-state index in [4.69, 9.17) is 4.55 Å². The topological polar surface area (TPSA) is 81.7 Å². The third-order valence-electron chi connectivity index (χ3n) is 3.04. The van der Waals surface area contributed by atoms with Gasteiger partial charge in [-0.05, 0) is 25.7 Å². The van der Waals surface area contributed by atoms with E-state index in [1.165, 1.54) is 0 Å². The highest BCUT2D eigenvalue weighted by atomic mass is 32.2. The normalized spacial score (nSPS) is 27.1. The first-order valence-electron chi connectivity index (χ1n) is 6.16. The zero-order valence-corrected chi connectivity index (χ0v) is 11.2. The molecule has 6 nitrogen and oxygen atoms in total. The van der Waals surface area contributed by atoms with Crippen LogP contribution in [0.4, 0.5) is 0 Å². The van der Waals surface area contributed by atoms with Crippen molar-refractivity contribution in [2.24, 2.45) is 0 Å². The first kappa shape index (κ1) is 14.8. The average molecular weight is 265 g/mol. The lowest BCUT2D eigenvalue weighted by molar-refractivity contribution is 0.186. The maximum absolute atomic E-state index is 11.2. The van der Waals surface area contributed by atoms with Gasteiger partial charge in [0, 0.05) is 20.1 Å². The molecule has 0 aliphatic carbocycles. The summed E-state index contributed by atoms with van der Waals surface area (Å²) in [7, 11) is -1.91. The quantitative estimate of drug-likeness (QED) is 0.600. The Bertz CT molecular complexity index is 294. The molecule has 1 fully saturated rings. The van der Waals surface area contributed by atoms with Crippen LogP contribution in [0.5, 0.6) is 0 Å². The molecule has 17 heavy (non-hydrogen) atoms. The third kappa shape index (κ3) is 6.32. The first-order valence-corrected chi connectivity index (χ1v) is 7.66. The van der Waals surface area contributed by atoms with Crippen LogP contribution in [0.1, 0.15) is 38.5 Å². The lowest BCUT2D eigenvalue weighted by atomic mass is 10.1. The summed E-state index contributed by atoms with van der Waals surface area (Å²) in [5, 5.41) is 1.39. The van der Waals surface area contributed by atoms with Gasteiger partial charge in [-0.1, -0.05) is 12.8 Å². The van der Waals surface area contributed by atoms with Crippen molar-refractivity contribution in [1.29, 1.82) is 0 Å². The summed E-state index contributed by atoms with van der Waals surface area (Å²) < 4.78 is 31.5. The van der Waals surface area contributed by atoms with Crippen molar-refractivity contribution in [1.82, 2.24) is 16.0 Å². The zero-order valence-electron chi connectivity index (χ0n) is 10.4. The fourth-order valence-corrected chi connectivity index (χ4v) is 2.93. The lowest BCUT2D eigenvalue weighted by Gasteiger charge is -2.21. The van der Waals surface area contributed by atoms with Crippen molar-refractivity contribution in [3.63, 3.8) is 0 Å². The van der Waals surface area contributed by atoms with Crippen LogP contribution in [0.2, 0.25) is 0 Å². The van der Waals surface area contributed by atoms with Crippen LogP contribution in [-0.2, 0) is 10.1 Å². The van der Waals surface area contributed by atoms with E-state index >= 15 is 0 Å². The Balaban J connectivity index is 2.45. The molecule has 0 aromatic heterocycles. The van der Waals surface area contributed by atoms with Crippen LogP contribution in [0.3, 0.4) is 0 Å². The molecule has 1 aliphatic heterocycles. The summed E-state index contributed by atoms with van der Waals surface area (Å²) >= 11 is 0. The predicted octanol–water partition coefficient (Wildman–Crippen LogP) is 0.538. The molecule has 1 rings (SSSR count). The van der Waals surface area contributed by atoms with E-state index in [-0.39, 0.29) is 0 Å². The van der Waals surface area contributed by atoms with Crippen molar-refractivity contribution >= 4 is 10.1 Å². The van der Waals surface area contributed by atoms with Gasteiger partial charge in [0.25, 0.3) is 10.1 Å². The molecule has 1 heterocycles. The molecular formula is C10H23N3O3S. The van der Waals surface area contributed by atoms with E-state index < -0.39 is 15.4 Å². The Kier molecular flexibility index (Phi) is 6.35. The Morgan fingerprint density at radius 2 is 1.88 bits per heavy atom. The number of rotatable bonds is 1. The van der Waals surface area contributed by atoms with Gasteiger partial charge in [-0.25, -0.2) is 10.4 Å². The van der Waals surface area contributed by atoms with Crippen LogP contribution in [0.25, 0.3) is 0 Å². The summed E-state index contributed by atoms with van der Waals surface area (Å²) in [6.07, 6.45) is 4.66. The van der Waals surface area contributed by atoms with Gasteiger partial charge in [-0.15, -0.1) is 0 Å². The smallest absolute Gasteiger partial charge is 0.267 e. The minimum absolute atomic E-state index is 0.511. The maximum atomic E-state index is 11.2. The molecule has 1 atom stereocenters. The van der Waals surface area contributed by atoms with E-state index in [2.05, 4.69) is 11.0 Å². The first-order chi connectivity index (χ1) is 8.00. The summed E-state index contributed by atoms with van der Waals surface area (Å²) in [5.41, 5.74) is 6.05. The van der Waals surface area contributed by atoms with Crippen LogP contribution in [-0.4, -0.2) is 43.4 Å². The highest BCUT2D eigenvalue weighted by Crippen LogP contribution is 2.15. The molecule has 0 aromatic carbocycles. The van der Waals surface area contributed by atoms with Crippen molar-refractivity contribution in [3.8, 4) is 0 Å². The van der Waals surface area contributed by atoms with Crippen molar-refractivity contribution in [2.75, 3.05) is 20.1 Å². The average Bonchev–Trinajstić information content (AvgIpc) is 2.21. The van der Waals surface area contributed by atoms with Crippen LogP contribution >= 0.6 is 0 Å². The van der Waals surface area contributed by atoms with Crippen LogP contribution in [0.15, 0.2) is 0 Å². The number of nitrogens with one attached hydrogen (secondary N) is 2. The van der Waals surface area contributed by atoms with Crippen molar-refractivity contribution in [3.05, 3.63) is 0 Å². The third-order valence-corrected chi connectivity index (χ3v) is 4.35. The molecule has 0 radical (unpaired) electrons. The molecular weight excluding hydrogens is 242 g/mol. The monoisotopic (exact) mass is 265 g/mol. The summed E-state index contributed by atoms with van der Waals surface area (Å²) in [5.74, 6) is 0. The number of hydrogen-bond acceptors (Lipinski definition) is 5. The van der Waals surface area contributed by atoms with Gasteiger partial charge in [0.05, 0.1) is 5.25 Å². The number of hydrogen-bond donors (Lipinski definition) is 3. The Morgan fingerprint density at radius 3 is 2.59 bits per heavy atom. The number of hydrazine groups is 2. The molecule has 0 bridgehead atoms. The fourth-order valence-electron chi connectivity index (χ4n) is 2.00. The van der Waals surface area contributed by atoms with Crippen LogP contribution in [0, 0.1) is 0 Å². The molecule has 0 spiro atoms. The van der Waals surface area contributed by atoms with Gasteiger partial charge < -0.3 is 0 Å². The van der Waals surface area contributed by atoms with Gasteiger partial charge in [-0.3, -0.25) is 4.55 Å². The second-order valence-electron chi connectivity index (χ2n) is 4.59. The highest BCUT2D eigenvalue weighted by Gasteiger charge is 2.22. The van der Waals surface area contributed by atoms with Gasteiger partial charge in [-0.2, -0.15) is 14.0 Å². The fraction of sp³-hybridized carbons (Fsp3) is 1.00. The van der Waals surface area contributed by atoms with Crippen molar-refractivity contribution < 1.29 is 13.0 Å². The van der Waals surface area contributed by atoms with E-state index in [0.29, 0.717) is 19.4 Å². The minimum Gasteiger partial charge on any atom is -0.285 e. The van der Waals surface area contributed by atoms with Crippen LogP contribution < -0.4 is 11.0 Å². The molecule has 1 saturated heterocycles. The molecule has 1 aliphatic rings. The molecule has 0 aromatic rings. The standard InChI is InChI=1S/C10H23N3O3S/c1-13-9-4-2-3-6-10(17(14,15)16)7-5-8-11-12-13/h10-12H,2-9H2,1H3,(H,14,15,16). The largest absolute Gasteiger partial charge is 0.285 e. The highest BCUT2D eigenvalue weighted by molar-refractivity contribution is 7.86. The summed E-state index contributed by atoms with van der Waals surface area (Å²) in [6.45, 7) is 1.61. The molecule has 0 amide bonds. The molecule has 0 saturated carbocycles. The van der Waals surface area contributed by atoms with E-state index in [1.54, 1.807) is 0 Å². The summed E-state index contributed by atoms with van der Waals surface area (Å²) in [4.78, 5) is 0. The van der Waals surface area contributed by atoms with Gasteiger partial charge in [0.15, 0.2) is 0 Å². The lowest BCUT2D eigenvalue weighted by Crippen LogP contribution is -2.45. The zero-order chi connectivity index (χ0) is 12.7. The summed E-state index contributed by atoms with van der Waals surface area (Å²) in [6, 6.07) is 0. The number of nitrogens with zero attached hydrogens (tertiary/aromatic N) is 1. The van der Waals surface area contributed by atoms with E-state index in [1.807, 2.05) is 12.1 Å². The van der Waals surface area contributed by atoms with Crippen molar-refractivity contribution in [2.45, 2.75) is 43.8 Å². The molecule has 7 heteroatoms. The SMILES string of the molecule is CN1CCCCCC(S(=O)(=O)O)CCCNN1. The Labute approximate surface area is 103 Å². The van der Waals surface area contributed by atoms with E-state index in [9.17, 15) is 8.42 Å². The maximum Gasteiger partial charge on any atom is 0.267 e. The second-order valence-corrected chi connectivity index (χ2v) is 6.29.